The topological polar surface area (TPSA) is 55.8 Å². The Morgan fingerprint density at radius 2 is 2.31 bits per heavy atom. The molecular formula is C9H14O4. The number of hydrogen-bond acceptors (Lipinski definition) is 3. The van der Waals surface area contributed by atoms with Crippen molar-refractivity contribution in [2.45, 2.75) is 12.8 Å². The van der Waals surface area contributed by atoms with Crippen molar-refractivity contribution in [3.63, 3.8) is 0 Å². The molecule has 0 radical (unpaired) electrons. The fourth-order valence-corrected chi connectivity index (χ4v) is 1.38. The van der Waals surface area contributed by atoms with E-state index >= 15 is 0 Å². The Morgan fingerprint density at radius 1 is 1.62 bits per heavy atom. The van der Waals surface area contributed by atoms with Crippen LogP contribution in [0.25, 0.3) is 0 Å². The van der Waals surface area contributed by atoms with Crippen molar-refractivity contribution in [2.24, 2.45) is 11.8 Å². The number of carbonyl (C=O) groups is 1. The van der Waals surface area contributed by atoms with E-state index < -0.39 is 5.97 Å². The van der Waals surface area contributed by atoms with E-state index in [9.17, 15) is 4.79 Å². The third-order valence-corrected chi connectivity index (χ3v) is 2.21. The number of hydrogen-bond donors (Lipinski definition) is 1. The van der Waals surface area contributed by atoms with E-state index in [4.69, 9.17) is 5.11 Å². The van der Waals surface area contributed by atoms with E-state index in [0.717, 1.165) is 12.8 Å². The van der Waals surface area contributed by atoms with Gasteiger partial charge in [-0.05, 0) is 18.8 Å². The van der Waals surface area contributed by atoms with E-state index in [0.29, 0.717) is 12.5 Å². The monoisotopic (exact) mass is 186 g/mol. The van der Waals surface area contributed by atoms with Crippen molar-refractivity contribution in [1.29, 1.82) is 0 Å². The number of carboxylic acids is 1. The lowest BCUT2D eigenvalue weighted by molar-refractivity contribution is -0.263. The number of carboxylic acid groups (broad SMARTS) is 1. The maximum atomic E-state index is 10.4. The molecule has 1 aliphatic carbocycles. The van der Waals surface area contributed by atoms with Crippen LogP contribution in [0.5, 0.6) is 0 Å². The lowest BCUT2D eigenvalue weighted by Gasteiger charge is -2.29. The number of rotatable bonds is 5. The molecule has 4 nitrogen and oxygen atoms in total. The maximum absolute atomic E-state index is 10.4. The van der Waals surface area contributed by atoms with Gasteiger partial charge in [0.15, 0.2) is 0 Å². The van der Waals surface area contributed by atoms with Gasteiger partial charge in [0.1, 0.15) is 6.61 Å². The van der Waals surface area contributed by atoms with Crippen LogP contribution in [0, 0.1) is 11.8 Å². The van der Waals surface area contributed by atoms with Gasteiger partial charge in [0.25, 0.3) is 0 Å². The zero-order valence-electron chi connectivity index (χ0n) is 7.60. The summed E-state index contributed by atoms with van der Waals surface area (Å²) in [5.41, 5.74) is 0. The molecule has 1 rings (SSSR count). The second-order valence-corrected chi connectivity index (χ2v) is 3.15. The summed E-state index contributed by atoms with van der Waals surface area (Å²) in [5.74, 6) is -0.419. The Hall–Kier alpha value is -0.870. The zero-order chi connectivity index (χ0) is 9.68. The van der Waals surface area contributed by atoms with Crippen LogP contribution in [-0.2, 0) is 14.6 Å². The van der Waals surface area contributed by atoms with Crippen molar-refractivity contribution in [3.05, 3.63) is 12.2 Å². The van der Waals surface area contributed by atoms with Gasteiger partial charge in [0, 0.05) is 0 Å². The van der Waals surface area contributed by atoms with Crippen LogP contribution in [0.4, 0.5) is 0 Å². The van der Waals surface area contributed by atoms with Crippen LogP contribution in [0.3, 0.4) is 0 Å². The molecule has 0 unspecified atom stereocenters. The average molecular weight is 186 g/mol. The highest BCUT2D eigenvalue weighted by Crippen LogP contribution is 2.34. The van der Waals surface area contributed by atoms with E-state index in [1.165, 1.54) is 7.11 Å². The molecule has 0 spiro atoms. The van der Waals surface area contributed by atoms with E-state index in [1.807, 2.05) is 12.2 Å². The van der Waals surface area contributed by atoms with Crippen LogP contribution in [-0.4, -0.2) is 24.8 Å². The van der Waals surface area contributed by atoms with Crippen molar-refractivity contribution >= 4 is 5.97 Å². The predicted molar refractivity (Wildman–Crippen MR) is 46.0 cm³/mol. The first kappa shape index (κ1) is 10.2. The third kappa shape index (κ3) is 3.16. The van der Waals surface area contributed by atoms with Crippen molar-refractivity contribution in [3.8, 4) is 0 Å². The molecule has 0 aromatic heterocycles. The molecule has 0 heterocycles. The van der Waals surface area contributed by atoms with E-state index in [1.54, 1.807) is 0 Å². The summed E-state index contributed by atoms with van der Waals surface area (Å²) in [7, 11) is 1.46. The smallest absolute Gasteiger partial charge is 0.306 e. The summed E-state index contributed by atoms with van der Waals surface area (Å²) >= 11 is 0. The van der Waals surface area contributed by atoms with Gasteiger partial charge < -0.3 is 5.11 Å². The Balaban J connectivity index is 2.07. The maximum Gasteiger partial charge on any atom is 0.306 e. The first-order valence-corrected chi connectivity index (χ1v) is 4.29. The molecule has 1 saturated carbocycles. The van der Waals surface area contributed by atoms with Crippen LogP contribution in [0.2, 0.25) is 0 Å². The SMILES string of the molecule is COOCC=CC1CC(C(=O)O)C1. The largest absolute Gasteiger partial charge is 0.481 e. The molecule has 4 heteroatoms. The van der Waals surface area contributed by atoms with Gasteiger partial charge >= 0.3 is 5.97 Å². The van der Waals surface area contributed by atoms with Gasteiger partial charge in [0.05, 0.1) is 13.0 Å². The van der Waals surface area contributed by atoms with Crippen molar-refractivity contribution in [1.82, 2.24) is 0 Å². The minimum atomic E-state index is -0.683. The lowest BCUT2D eigenvalue weighted by atomic mass is 9.75. The van der Waals surface area contributed by atoms with Gasteiger partial charge in [-0.15, -0.1) is 0 Å². The molecule has 1 fully saturated rings. The van der Waals surface area contributed by atoms with Gasteiger partial charge in [-0.1, -0.05) is 12.2 Å². The molecule has 0 saturated heterocycles. The molecule has 0 aromatic carbocycles. The lowest BCUT2D eigenvalue weighted by Crippen LogP contribution is -2.28. The molecule has 13 heavy (non-hydrogen) atoms. The van der Waals surface area contributed by atoms with E-state index in [2.05, 4.69) is 9.78 Å². The van der Waals surface area contributed by atoms with Crippen molar-refractivity contribution in [2.75, 3.05) is 13.7 Å². The van der Waals surface area contributed by atoms with Gasteiger partial charge in [-0.3, -0.25) is 4.79 Å². The fourth-order valence-electron chi connectivity index (χ4n) is 1.38. The number of aliphatic carboxylic acids is 1. The summed E-state index contributed by atoms with van der Waals surface area (Å²) in [5, 5.41) is 8.59. The Labute approximate surface area is 77.1 Å². The van der Waals surface area contributed by atoms with Gasteiger partial charge in [-0.25, -0.2) is 9.78 Å². The summed E-state index contributed by atoms with van der Waals surface area (Å²) in [6.07, 6.45) is 5.34. The molecule has 0 aromatic rings. The molecular weight excluding hydrogens is 172 g/mol. The van der Waals surface area contributed by atoms with Gasteiger partial charge in [-0.2, -0.15) is 0 Å². The van der Waals surface area contributed by atoms with Crippen LogP contribution in [0.15, 0.2) is 12.2 Å². The van der Waals surface area contributed by atoms with Gasteiger partial charge in [0.2, 0.25) is 0 Å². The Bertz CT molecular complexity index is 194. The fraction of sp³-hybridized carbons (Fsp3) is 0.667. The Kier molecular flexibility index (Phi) is 3.92. The highest BCUT2D eigenvalue weighted by Gasteiger charge is 2.32. The summed E-state index contributed by atoms with van der Waals surface area (Å²) < 4.78 is 0. The summed E-state index contributed by atoms with van der Waals surface area (Å²) in [4.78, 5) is 19.4. The van der Waals surface area contributed by atoms with Crippen LogP contribution in [0.1, 0.15) is 12.8 Å². The standard InChI is InChI=1S/C9H14O4/c1-12-13-4-2-3-7-5-8(6-7)9(10)11/h2-3,7-8H,4-6H2,1H3,(H,10,11). The first-order chi connectivity index (χ1) is 6.24. The summed E-state index contributed by atoms with van der Waals surface area (Å²) in [6.45, 7) is 0.421. The normalized spacial score (nSPS) is 27.5. The molecule has 74 valence electrons. The quantitative estimate of drug-likeness (QED) is 0.303. The highest BCUT2D eigenvalue weighted by atomic mass is 17.2. The molecule has 0 amide bonds. The first-order valence-electron chi connectivity index (χ1n) is 4.29. The second-order valence-electron chi connectivity index (χ2n) is 3.15. The molecule has 1 aliphatic rings. The second kappa shape index (κ2) is 4.99. The zero-order valence-corrected chi connectivity index (χ0v) is 7.60. The summed E-state index contributed by atoms with van der Waals surface area (Å²) in [6, 6.07) is 0. The minimum Gasteiger partial charge on any atom is -0.481 e. The number of allylic oxidation sites excluding steroid dienone is 1. The molecule has 0 atom stereocenters. The third-order valence-electron chi connectivity index (χ3n) is 2.21. The predicted octanol–water partition coefficient (Wildman–Crippen LogP) is 1.23. The van der Waals surface area contributed by atoms with Crippen LogP contribution >= 0.6 is 0 Å². The minimum absolute atomic E-state index is 0.141. The average Bonchev–Trinajstić information content (AvgIpc) is 2.00. The Morgan fingerprint density at radius 3 is 2.85 bits per heavy atom. The van der Waals surface area contributed by atoms with Crippen LogP contribution < -0.4 is 0 Å². The molecule has 0 aliphatic heterocycles. The molecule has 1 N–H and O–H groups in total. The highest BCUT2D eigenvalue weighted by molar-refractivity contribution is 5.71. The molecule has 0 bridgehead atoms. The van der Waals surface area contributed by atoms with Crippen molar-refractivity contribution < 1.29 is 19.7 Å². The van der Waals surface area contributed by atoms with E-state index in [-0.39, 0.29) is 5.92 Å².